The Morgan fingerprint density at radius 2 is 1.95 bits per heavy atom. The topological polar surface area (TPSA) is 61.6 Å². The lowest BCUT2D eigenvalue weighted by Gasteiger charge is -2.36. The number of hydrogen-bond donors (Lipinski definition) is 2. The Hall–Kier alpha value is -0.650. The highest BCUT2D eigenvalue weighted by Gasteiger charge is 2.32. The number of carbonyl (C=O) groups is 1. The maximum Gasteiger partial charge on any atom is 0.237 e. The van der Waals surface area contributed by atoms with E-state index in [1.54, 1.807) is 0 Å². The van der Waals surface area contributed by atoms with Crippen molar-refractivity contribution in [2.45, 2.75) is 51.6 Å². The zero-order valence-corrected chi connectivity index (χ0v) is 14.5. The predicted octanol–water partition coefficient (Wildman–Crippen LogP) is 0.892. The molecule has 0 aromatic heterocycles. The Bertz CT molecular complexity index is 324. The molecule has 1 amide bonds. The normalized spacial score (nSPS) is 20.9. The minimum atomic E-state index is -0.603. The fourth-order valence-electron chi connectivity index (χ4n) is 3.19. The summed E-state index contributed by atoms with van der Waals surface area (Å²) in [6.45, 7) is 10.4. The molecule has 1 unspecified atom stereocenters. The minimum Gasteiger partial charge on any atom is -0.368 e. The fraction of sp³-hybridized carbons (Fsp3) is 0.938. The maximum absolute atomic E-state index is 11.7. The summed E-state index contributed by atoms with van der Waals surface area (Å²) in [5.74, 6) is 0.561. The number of carbonyl (C=O) groups excluding carboxylic acids is 1. The SMILES string of the molecule is CC(C)NC(C)(CCN1CCC(CN(C)C)CC1)C(N)=O. The van der Waals surface area contributed by atoms with E-state index in [0.29, 0.717) is 0 Å². The van der Waals surface area contributed by atoms with Crippen LogP contribution in [-0.4, -0.2) is 67.6 Å². The van der Waals surface area contributed by atoms with Crippen molar-refractivity contribution in [3.8, 4) is 0 Å². The Morgan fingerprint density at radius 1 is 1.38 bits per heavy atom. The van der Waals surface area contributed by atoms with Crippen molar-refractivity contribution < 1.29 is 4.79 Å². The van der Waals surface area contributed by atoms with E-state index in [9.17, 15) is 4.79 Å². The predicted molar refractivity (Wildman–Crippen MR) is 88.2 cm³/mol. The largest absolute Gasteiger partial charge is 0.368 e. The van der Waals surface area contributed by atoms with E-state index in [4.69, 9.17) is 5.73 Å². The average molecular weight is 298 g/mol. The number of nitrogens with zero attached hydrogens (tertiary/aromatic N) is 2. The van der Waals surface area contributed by atoms with Gasteiger partial charge in [0.25, 0.3) is 0 Å². The van der Waals surface area contributed by atoms with E-state index in [-0.39, 0.29) is 11.9 Å². The van der Waals surface area contributed by atoms with Crippen molar-refractivity contribution in [3.05, 3.63) is 0 Å². The lowest BCUT2D eigenvalue weighted by atomic mass is 9.93. The van der Waals surface area contributed by atoms with E-state index >= 15 is 0 Å². The molecule has 1 fully saturated rings. The van der Waals surface area contributed by atoms with Gasteiger partial charge in [-0.2, -0.15) is 0 Å². The Kier molecular flexibility index (Phi) is 7.10. The monoisotopic (exact) mass is 298 g/mol. The van der Waals surface area contributed by atoms with Crippen LogP contribution in [0.1, 0.15) is 40.0 Å². The number of rotatable bonds is 8. The summed E-state index contributed by atoms with van der Waals surface area (Å²) in [5, 5.41) is 3.32. The van der Waals surface area contributed by atoms with E-state index in [2.05, 4.69) is 29.2 Å². The molecule has 0 radical (unpaired) electrons. The molecule has 3 N–H and O–H groups in total. The molecule has 1 aliphatic heterocycles. The van der Waals surface area contributed by atoms with Crippen LogP contribution >= 0.6 is 0 Å². The van der Waals surface area contributed by atoms with Crippen LogP contribution in [0.3, 0.4) is 0 Å². The maximum atomic E-state index is 11.7. The fourth-order valence-corrected chi connectivity index (χ4v) is 3.19. The van der Waals surface area contributed by atoms with Crippen LogP contribution in [-0.2, 0) is 4.79 Å². The lowest BCUT2D eigenvalue weighted by molar-refractivity contribution is -0.124. The van der Waals surface area contributed by atoms with Gasteiger partial charge >= 0.3 is 0 Å². The molecule has 5 nitrogen and oxygen atoms in total. The van der Waals surface area contributed by atoms with Gasteiger partial charge in [0.2, 0.25) is 5.91 Å². The number of primary amides is 1. The standard InChI is InChI=1S/C16H34N4O/c1-13(2)18-16(3,15(17)21)8-11-20-9-6-14(7-10-20)12-19(4)5/h13-14,18H,6-12H2,1-5H3,(H2,17,21). The smallest absolute Gasteiger partial charge is 0.237 e. The molecule has 0 aromatic rings. The molecular formula is C16H34N4O. The van der Waals surface area contributed by atoms with Crippen molar-refractivity contribution >= 4 is 5.91 Å². The zero-order chi connectivity index (χ0) is 16.0. The van der Waals surface area contributed by atoms with Gasteiger partial charge < -0.3 is 20.9 Å². The second-order valence-corrected chi connectivity index (χ2v) is 7.29. The molecule has 0 spiro atoms. The summed E-state index contributed by atoms with van der Waals surface area (Å²) < 4.78 is 0. The third-order valence-corrected chi connectivity index (χ3v) is 4.41. The molecule has 0 aromatic carbocycles. The zero-order valence-electron chi connectivity index (χ0n) is 14.5. The van der Waals surface area contributed by atoms with Crippen molar-refractivity contribution in [3.63, 3.8) is 0 Å². The van der Waals surface area contributed by atoms with Gasteiger partial charge in [0.1, 0.15) is 0 Å². The van der Waals surface area contributed by atoms with Gasteiger partial charge in [-0.1, -0.05) is 0 Å². The van der Waals surface area contributed by atoms with Crippen LogP contribution in [0.2, 0.25) is 0 Å². The summed E-state index contributed by atoms with van der Waals surface area (Å²) in [5.41, 5.74) is 4.98. The van der Waals surface area contributed by atoms with Gasteiger partial charge in [-0.15, -0.1) is 0 Å². The number of nitrogens with one attached hydrogen (secondary N) is 1. The first kappa shape index (κ1) is 18.4. The van der Waals surface area contributed by atoms with E-state index in [1.807, 2.05) is 20.8 Å². The summed E-state index contributed by atoms with van der Waals surface area (Å²) in [4.78, 5) is 16.5. The van der Waals surface area contributed by atoms with E-state index in [1.165, 1.54) is 19.4 Å². The molecule has 1 rings (SSSR count). The highest BCUT2D eigenvalue weighted by molar-refractivity contribution is 5.84. The summed E-state index contributed by atoms with van der Waals surface area (Å²) in [7, 11) is 4.28. The van der Waals surface area contributed by atoms with Gasteiger partial charge in [0.05, 0.1) is 5.54 Å². The third-order valence-electron chi connectivity index (χ3n) is 4.41. The number of likely N-dealkylation sites (tertiary alicyclic amines) is 1. The molecular weight excluding hydrogens is 264 g/mol. The number of hydrogen-bond acceptors (Lipinski definition) is 4. The minimum absolute atomic E-state index is 0.251. The van der Waals surface area contributed by atoms with Gasteiger partial charge in [0.15, 0.2) is 0 Å². The van der Waals surface area contributed by atoms with E-state index < -0.39 is 5.54 Å². The van der Waals surface area contributed by atoms with Crippen molar-refractivity contribution in [1.29, 1.82) is 0 Å². The van der Waals surface area contributed by atoms with Gasteiger partial charge in [-0.25, -0.2) is 0 Å². The molecule has 0 bridgehead atoms. The van der Waals surface area contributed by atoms with Gasteiger partial charge in [0, 0.05) is 19.1 Å². The summed E-state index contributed by atoms with van der Waals surface area (Å²) in [6, 6.07) is 0.258. The molecule has 1 aliphatic rings. The molecule has 0 saturated carbocycles. The summed E-state index contributed by atoms with van der Waals surface area (Å²) in [6.07, 6.45) is 3.28. The number of amides is 1. The van der Waals surface area contributed by atoms with Crippen LogP contribution in [0.5, 0.6) is 0 Å². The summed E-state index contributed by atoms with van der Waals surface area (Å²) >= 11 is 0. The van der Waals surface area contributed by atoms with Crippen LogP contribution in [0.25, 0.3) is 0 Å². The Labute approximate surface area is 130 Å². The molecule has 0 aliphatic carbocycles. The van der Waals surface area contributed by atoms with Crippen LogP contribution < -0.4 is 11.1 Å². The highest BCUT2D eigenvalue weighted by atomic mass is 16.1. The molecule has 1 saturated heterocycles. The molecule has 124 valence electrons. The quantitative estimate of drug-likeness (QED) is 0.699. The second-order valence-electron chi connectivity index (χ2n) is 7.29. The van der Waals surface area contributed by atoms with Crippen LogP contribution in [0.4, 0.5) is 0 Å². The van der Waals surface area contributed by atoms with Crippen LogP contribution in [0, 0.1) is 5.92 Å². The average Bonchev–Trinajstić information content (AvgIpc) is 2.36. The first-order valence-corrected chi connectivity index (χ1v) is 8.17. The Morgan fingerprint density at radius 3 is 2.38 bits per heavy atom. The van der Waals surface area contributed by atoms with Gasteiger partial charge in [-0.3, -0.25) is 4.79 Å². The molecule has 5 heteroatoms. The molecule has 1 heterocycles. The van der Waals surface area contributed by atoms with Gasteiger partial charge in [-0.05, 0) is 73.1 Å². The Balaban J connectivity index is 2.39. The first-order valence-electron chi connectivity index (χ1n) is 8.17. The second kappa shape index (κ2) is 8.11. The van der Waals surface area contributed by atoms with Crippen LogP contribution in [0.15, 0.2) is 0 Å². The third kappa shape index (κ3) is 6.32. The number of piperidine rings is 1. The number of nitrogens with two attached hydrogens (primary N) is 1. The van der Waals surface area contributed by atoms with Crippen molar-refractivity contribution in [1.82, 2.24) is 15.1 Å². The van der Waals surface area contributed by atoms with Crippen molar-refractivity contribution in [2.75, 3.05) is 40.3 Å². The highest BCUT2D eigenvalue weighted by Crippen LogP contribution is 2.19. The molecule has 1 atom stereocenters. The molecule has 21 heavy (non-hydrogen) atoms. The lowest BCUT2D eigenvalue weighted by Crippen LogP contribution is -2.57. The first-order chi connectivity index (χ1) is 9.73. The van der Waals surface area contributed by atoms with Crippen molar-refractivity contribution in [2.24, 2.45) is 11.7 Å². The van der Waals surface area contributed by atoms with E-state index in [0.717, 1.165) is 32.0 Å².